The Morgan fingerprint density at radius 1 is 0.400 bits per heavy atom. The first-order valence-corrected chi connectivity index (χ1v) is 13.1. The number of hydrogen-bond acceptors (Lipinski definition) is 2. The fraction of sp³-hybridized carbons (Fsp3) is 0.0526. The maximum absolute atomic E-state index is 5.90. The lowest BCUT2D eigenvalue weighted by atomic mass is 9.91. The van der Waals surface area contributed by atoms with Gasteiger partial charge in [-0.15, -0.1) is 0 Å². The molecule has 0 aliphatic carbocycles. The highest BCUT2D eigenvalue weighted by atomic mass is 16.5. The minimum absolute atomic E-state index is 0.786. The van der Waals surface area contributed by atoms with Crippen LogP contribution in [-0.4, -0.2) is 14.2 Å². The Morgan fingerprint density at radius 2 is 0.800 bits per heavy atom. The van der Waals surface area contributed by atoms with E-state index in [1.54, 1.807) is 14.2 Å². The molecule has 0 aromatic heterocycles. The average molecular weight is 515 g/mol. The summed E-state index contributed by atoms with van der Waals surface area (Å²) in [5.41, 5.74) is 5.89. The van der Waals surface area contributed by atoms with Gasteiger partial charge in [-0.25, -0.2) is 0 Å². The molecule has 0 unspecified atom stereocenters. The van der Waals surface area contributed by atoms with Gasteiger partial charge in [0.2, 0.25) is 0 Å². The summed E-state index contributed by atoms with van der Waals surface area (Å²) in [5, 5.41) is 4.31. The minimum atomic E-state index is 0.786. The summed E-state index contributed by atoms with van der Waals surface area (Å²) in [5.74, 6) is 14.7. The van der Waals surface area contributed by atoms with E-state index in [9.17, 15) is 0 Å². The number of benzene rings is 6. The smallest absolute Gasteiger partial charge is 0.127 e. The molecule has 0 spiro atoms. The summed E-state index contributed by atoms with van der Waals surface area (Å²) in [4.78, 5) is 0. The molecule has 2 nitrogen and oxygen atoms in total. The van der Waals surface area contributed by atoms with Crippen molar-refractivity contribution in [3.8, 4) is 46.3 Å². The van der Waals surface area contributed by atoms with Crippen molar-refractivity contribution in [1.82, 2.24) is 0 Å². The van der Waals surface area contributed by atoms with Crippen molar-refractivity contribution in [3.05, 3.63) is 144 Å². The monoisotopic (exact) mass is 514 g/mol. The molecular weight excluding hydrogens is 488 g/mol. The fourth-order valence-electron chi connectivity index (χ4n) is 4.96. The fourth-order valence-corrected chi connectivity index (χ4v) is 4.96. The predicted octanol–water partition coefficient (Wildman–Crippen LogP) is 8.48. The third kappa shape index (κ3) is 5.00. The summed E-state index contributed by atoms with van der Waals surface area (Å²) in [7, 11) is 3.42. The van der Waals surface area contributed by atoms with Crippen molar-refractivity contribution in [1.29, 1.82) is 0 Å². The number of rotatable bonds is 3. The van der Waals surface area contributed by atoms with Crippen LogP contribution < -0.4 is 9.47 Å². The molecule has 0 aliphatic heterocycles. The first kappa shape index (κ1) is 24.9. The van der Waals surface area contributed by atoms with E-state index in [0.29, 0.717) is 0 Å². The lowest BCUT2D eigenvalue weighted by molar-refractivity contribution is 0.411. The Morgan fingerprint density at radius 3 is 1.20 bits per heavy atom. The van der Waals surface area contributed by atoms with Gasteiger partial charge >= 0.3 is 0 Å². The largest absolute Gasteiger partial charge is 0.496 e. The average Bonchev–Trinajstić information content (AvgIpc) is 3.02. The molecule has 0 bridgehead atoms. The molecule has 0 heterocycles. The van der Waals surface area contributed by atoms with Crippen molar-refractivity contribution in [3.63, 3.8) is 0 Å². The molecule has 0 fully saturated rings. The molecule has 6 aromatic rings. The molecule has 0 atom stereocenters. The van der Waals surface area contributed by atoms with E-state index in [4.69, 9.17) is 9.47 Å². The summed E-state index contributed by atoms with van der Waals surface area (Å²) in [6, 6.07) is 40.9. The van der Waals surface area contributed by atoms with E-state index in [2.05, 4.69) is 72.2 Å². The Labute approximate surface area is 234 Å². The van der Waals surface area contributed by atoms with Crippen LogP contribution in [0, 0.1) is 23.7 Å². The molecule has 0 saturated heterocycles. The van der Waals surface area contributed by atoms with E-state index in [0.717, 1.165) is 66.4 Å². The van der Waals surface area contributed by atoms with Gasteiger partial charge in [0.25, 0.3) is 0 Å². The van der Waals surface area contributed by atoms with Gasteiger partial charge in [0.05, 0.1) is 14.2 Å². The predicted molar refractivity (Wildman–Crippen MR) is 165 cm³/mol. The van der Waals surface area contributed by atoms with Crippen LogP contribution in [0.1, 0.15) is 22.3 Å². The third-order valence-electron chi connectivity index (χ3n) is 6.90. The van der Waals surface area contributed by atoms with Crippen LogP contribution >= 0.6 is 0 Å². The van der Waals surface area contributed by atoms with Crippen LogP contribution in [0.4, 0.5) is 0 Å². The van der Waals surface area contributed by atoms with E-state index in [1.165, 1.54) is 0 Å². The zero-order chi connectivity index (χ0) is 27.3. The highest BCUT2D eigenvalue weighted by molar-refractivity contribution is 6.10. The summed E-state index contributed by atoms with van der Waals surface area (Å²) >= 11 is 0. The maximum Gasteiger partial charge on any atom is 0.127 e. The van der Waals surface area contributed by atoms with Crippen LogP contribution in [0.25, 0.3) is 32.7 Å². The van der Waals surface area contributed by atoms with Crippen molar-refractivity contribution in [2.24, 2.45) is 0 Å². The molecular formula is C38H26O2. The topological polar surface area (TPSA) is 18.5 Å². The van der Waals surface area contributed by atoms with Crippen molar-refractivity contribution in [2.75, 3.05) is 14.2 Å². The molecule has 0 amide bonds. The van der Waals surface area contributed by atoms with Gasteiger partial charge in [-0.1, -0.05) is 84.3 Å². The lowest BCUT2D eigenvalue weighted by Gasteiger charge is -2.18. The maximum atomic E-state index is 5.90. The summed E-state index contributed by atoms with van der Waals surface area (Å²) < 4.78 is 11.8. The van der Waals surface area contributed by atoms with Gasteiger partial charge in [0.1, 0.15) is 11.5 Å². The molecule has 0 aliphatic rings. The van der Waals surface area contributed by atoms with E-state index >= 15 is 0 Å². The highest BCUT2D eigenvalue weighted by Gasteiger charge is 2.18. The molecule has 40 heavy (non-hydrogen) atoms. The molecule has 6 rings (SSSR count). The molecule has 0 radical (unpaired) electrons. The number of ether oxygens (including phenoxy) is 2. The lowest BCUT2D eigenvalue weighted by Crippen LogP contribution is -1.95. The van der Waals surface area contributed by atoms with E-state index < -0.39 is 0 Å². The highest BCUT2D eigenvalue weighted by Crippen LogP contribution is 2.45. The van der Waals surface area contributed by atoms with Crippen LogP contribution in [0.3, 0.4) is 0 Å². The number of methoxy groups -OCH3 is 2. The number of fused-ring (bicyclic) bond motifs is 2. The van der Waals surface area contributed by atoms with Gasteiger partial charge in [0, 0.05) is 33.4 Å². The van der Waals surface area contributed by atoms with Gasteiger partial charge in [-0.05, 0) is 82.2 Å². The molecule has 190 valence electrons. The Bertz CT molecular complexity index is 1820. The molecule has 6 aromatic carbocycles. The third-order valence-corrected chi connectivity index (χ3v) is 6.90. The van der Waals surface area contributed by atoms with Crippen LogP contribution in [-0.2, 0) is 0 Å². The SMILES string of the molecule is COc1ccc2cc(C#Cc3ccccc3)ccc2c1-c1c(OC)ccc2cc(C#Cc3ccccc3)ccc12. The second-order valence-corrected chi connectivity index (χ2v) is 9.39. The molecule has 2 heteroatoms. The normalized spacial score (nSPS) is 10.3. The van der Waals surface area contributed by atoms with Crippen molar-refractivity contribution in [2.45, 2.75) is 0 Å². The first-order chi connectivity index (χ1) is 19.7. The Hall–Kier alpha value is -5.44. The van der Waals surface area contributed by atoms with Gasteiger partial charge in [0.15, 0.2) is 0 Å². The molecule has 0 saturated carbocycles. The quantitative estimate of drug-likeness (QED) is 0.221. The Balaban J connectivity index is 1.49. The Kier molecular flexibility index (Phi) is 6.92. The van der Waals surface area contributed by atoms with Crippen LogP contribution in [0.5, 0.6) is 11.5 Å². The zero-order valence-electron chi connectivity index (χ0n) is 22.4. The van der Waals surface area contributed by atoms with E-state index in [1.807, 2.05) is 72.8 Å². The van der Waals surface area contributed by atoms with Crippen LogP contribution in [0.2, 0.25) is 0 Å². The van der Waals surface area contributed by atoms with E-state index in [-0.39, 0.29) is 0 Å². The minimum Gasteiger partial charge on any atom is -0.496 e. The first-order valence-electron chi connectivity index (χ1n) is 13.1. The van der Waals surface area contributed by atoms with Crippen molar-refractivity contribution < 1.29 is 9.47 Å². The zero-order valence-corrected chi connectivity index (χ0v) is 22.4. The van der Waals surface area contributed by atoms with Gasteiger partial charge in [-0.2, -0.15) is 0 Å². The second-order valence-electron chi connectivity index (χ2n) is 9.39. The number of hydrogen-bond donors (Lipinski definition) is 0. The molecule has 0 N–H and O–H groups in total. The van der Waals surface area contributed by atoms with Crippen molar-refractivity contribution >= 4 is 21.5 Å². The van der Waals surface area contributed by atoms with Crippen LogP contribution in [0.15, 0.2) is 121 Å². The van der Waals surface area contributed by atoms with Gasteiger partial charge < -0.3 is 9.47 Å². The van der Waals surface area contributed by atoms with Gasteiger partial charge in [-0.3, -0.25) is 0 Å². The summed E-state index contributed by atoms with van der Waals surface area (Å²) in [6.45, 7) is 0. The second kappa shape index (κ2) is 11.1. The summed E-state index contributed by atoms with van der Waals surface area (Å²) in [6.07, 6.45) is 0. The standard InChI is InChI=1S/C38H26O2/c1-39-35-23-19-31-25-29(15-13-27-9-5-3-6-10-27)17-21-33(31)37(35)38-34-22-18-30(16-14-28-11-7-4-8-12-28)26-32(34)20-24-36(38)40-2/h3-12,17-26H,1-2H3.